The van der Waals surface area contributed by atoms with E-state index in [1.807, 2.05) is 6.07 Å². The number of halogens is 1. The van der Waals surface area contributed by atoms with Crippen LogP contribution >= 0.6 is 11.6 Å². The van der Waals surface area contributed by atoms with Crippen molar-refractivity contribution in [3.05, 3.63) is 58.6 Å². The van der Waals surface area contributed by atoms with Crippen molar-refractivity contribution in [2.24, 2.45) is 4.99 Å². The molecule has 7 nitrogen and oxygen atoms in total. The van der Waals surface area contributed by atoms with Crippen LogP contribution in [-0.2, 0) is 14.8 Å². The van der Waals surface area contributed by atoms with Gasteiger partial charge in [0.1, 0.15) is 17.9 Å². The molecule has 0 spiro atoms. The van der Waals surface area contributed by atoms with Crippen molar-refractivity contribution in [1.82, 2.24) is 4.72 Å². The molecule has 0 fully saturated rings. The molecule has 9 heteroatoms. The Bertz CT molecular complexity index is 1070. The molecule has 1 amide bonds. The van der Waals surface area contributed by atoms with Crippen LogP contribution in [0.4, 0.5) is 5.69 Å². The van der Waals surface area contributed by atoms with E-state index in [0.29, 0.717) is 11.3 Å². The predicted molar refractivity (Wildman–Crippen MR) is 97.6 cm³/mol. The summed E-state index contributed by atoms with van der Waals surface area (Å²) in [5.41, 5.74) is 1.06. The Morgan fingerprint density at radius 1 is 1.31 bits per heavy atom. The topological polar surface area (TPSA) is 111 Å². The number of nitrogens with one attached hydrogen (secondary N) is 2. The van der Waals surface area contributed by atoms with E-state index in [9.17, 15) is 13.2 Å². The zero-order valence-corrected chi connectivity index (χ0v) is 15.1. The fourth-order valence-electron chi connectivity index (χ4n) is 2.42. The van der Waals surface area contributed by atoms with Crippen molar-refractivity contribution in [3.8, 4) is 6.07 Å². The first-order valence-corrected chi connectivity index (χ1v) is 9.38. The van der Waals surface area contributed by atoms with Gasteiger partial charge in [0, 0.05) is 11.3 Å². The summed E-state index contributed by atoms with van der Waals surface area (Å²) in [4.78, 5) is 16.7. The molecule has 0 saturated heterocycles. The summed E-state index contributed by atoms with van der Waals surface area (Å²) in [6.07, 6.45) is 0. The van der Waals surface area contributed by atoms with Gasteiger partial charge in [-0.15, -0.1) is 0 Å². The second kappa shape index (κ2) is 6.78. The molecule has 2 aromatic carbocycles. The molecular weight excluding hydrogens is 376 g/mol. The zero-order valence-electron chi connectivity index (χ0n) is 13.5. The molecule has 1 aliphatic rings. The average molecular weight is 389 g/mol. The van der Waals surface area contributed by atoms with Crippen molar-refractivity contribution < 1.29 is 13.2 Å². The van der Waals surface area contributed by atoms with Crippen molar-refractivity contribution in [2.75, 3.05) is 5.32 Å². The average Bonchev–Trinajstić information content (AvgIpc) is 2.87. The Morgan fingerprint density at radius 3 is 2.77 bits per heavy atom. The first-order chi connectivity index (χ1) is 12.3. The van der Waals surface area contributed by atoms with E-state index in [1.54, 1.807) is 31.2 Å². The number of carbonyl (C=O) groups is 1. The summed E-state index contributed by atoms with van der Waals surface area (Å²) in [6, 6.07) is 12.0. The lowest BCUT2D eigenvalue weighted by Crippen LogP contribution is -2.28. The number of nitriles is 1. The minimum absolute atomic E-state index is 0.122. The van der Waals surface area contributed by atoms with Crippen molar-refractivity contribution in [1.29, 1.82) is 5.26 Å². The Kier molecular flexibility index (Phi) is 4.68. The normalized spacial score (nSPS) is 17.0. The predicted octanol–water partition coefficient (Wildman–Crippen LogP) is 2.28. The first-order valence-electron chi connectivity index (χ1n) is 7.52. The van der Waals surface area contributed by atoms with Crippen molar-refractivity contribution in [3.63, 3.8) is 0 Å². The van der Waals surface area contributed by atoms with Crippen LogP contribution in [0, 0.1) is 11.3 Å². The standard InChI is InChI=1S/C17H13ClN4O3S/c1-10(17(23)21-12-6-7-14(18)11(8-12)9-19)20-16-13-4-2-3-5-15(13)26(24,25)22-16/h2-8,10H,1H3,(H,20,22)(H,21,23)/t10-/m0/s1. The summed E-state index contributed by atoms with van der Waals surface area (Å²) < 4.78 is 26.5. The molecule has 1 heterocycles. The van der Waals surface area contributed by atoms with Crippen LogP contribution < -0.4 is 10.0 Å². The number of benzene rings is 2. The van der Waals surface area contributed by atoms with Gasteiger partial charge in [-0.1, -0.05) is 23.7 Å². The van der Waals surface area contributed by atoms with E-state index in [0.717, 1.165) is 0 Å². The van der Waals surface area contributed by atoms with Crippen LogP contribution in [0.5, 0.6) is 0 Å². The molecule has 132 valence electrons. The Balaban J connectivity index is 1.82. The van der Waals surface area contributed by atoms with Crippen molar-refractivity contribution in [2.45, 2.75) is 17.9 Å². The summed E-state index contributed by atoms with van der Waals surface area (Å²) in [5, 5.41) is 11.9. The largest absolute Gasteiger partial charge is 0.324 e. The zero-order chi connectivity index (χ0) is 18.9. The van der Waals surface area contributed by atoms with Gasteiger partial charge in [0.25, 0.3) is 10.0 Å². The van der Waals surface area contributed by atoms with Crippen LogP contribution in [0.2, 0.25) is 5.02 Å². The highest BCUT2D eigenvalue weighted by molar-refractivity contribution is 7.90. The monoisotopic (exact) mass is 388 g/mol. The fourth-order valence-corrected chi connectivity index (χ4v) is 3.82. The minimum atomic E-state index is -3.66. The van der Waals surface area contributed by atoms with E-state index in [2.05, 4.69) is 15.0 Å². The van der Waals surface area contributed by atoms with E-state index in [4.69, 9.17) is 16.9 Å². The third kappa shape index (κ3) is 3.40. The second-order valence-corrected chi connectivity index (χ2v) is 7.61. The molecule has 0 unspecified atom stereocenters. The maximum Gasteiger partial charge on any atom is 0.263 e. The Hall–Kier alpha value is -2.89. The SMILES string of the molecule is C[C@H](N=C1NS(=O)(=O)c2ccccc21)C(=O)Nc1ccc(Cl)c(C#N)c1. The van der Waals surface area contributed by atoms with Crippen LogP contribution in [0.15, 0.2) is 52.4 Å². The van der Waals surface area contributed by atoms with Crippen LogP contribution in [0.25, 0.3) is 0 Å². The van der Waals surface area contributed by atoms with E-state index in [1.165, 1.54) is 18.2 Å². The number of nitrogens with zero attached hydrogens (tertiary/aromatic N) is 2. The Labute approximate surface area is 155 Å². The molecule has 0 radical (unpaired) electrons. The Morgan fingerprint density at radius 2 is 2.04 bits per heavy atom. The molecule has 1 atom stereocenters. The first kappa shape index (κ1) is 17.9. The lowest BCUT2D eigenvalue weighted by molar-refractivity contribution is -0.117. The highest BCUT2D eigenvalue weighted by Gasteiger charge is 2.31. The van der Waals surface area contributed by atoms with E-state index >= 15 is 0 Å². The number of amidine groups is 1. The summed E-state index contributed by atoms with van der Waals surface area (Å²) in [7, 11) is -3.66. The number of hydrogen-bond acceptors (Lipinski definition) is 5. The molecule has 0 aliphatic carbocycles. The molecular formula is C17H13ClN4O3S. The molecule has 1 aliphatic heterocycles. The molecule has 0 bridgehead atoms. The molecule has 26 heavy (non-hydrogen) atoms. The quantitative estimate of drug-likeness (QED) is 0.839. The van der Waals surface area contributed by atoms with Gasteiger partial charge in [0.15, 0.2) is 0 Å². The van der Waals surface area contributed by atoms with Gasteiger partial charge in [-0.3, -0.25) is 14.5 Å². The van der Waals surface area contributed by atoms with Crippen LogP contribution in [-0.4, -0.2) is 26.2 Å². The lowest BCUT2D eigenvalue weighted by Gasteiger charge is -2.10. The minimum Gasteiger partial charge on any atom is -0.324 e. The number of hydrogen-bond donors (Lipinski definition) is 2. The number of aliphatic imine (C=N–C) groups is 1. The third-order valence-corrected chi connectivity index (χ3v) is 5.45. The highest BCUT2D eigenvalue weighted by Crippen LogP contribution is 2.23. The van der Waals surface area contributed by atoms with Gasteiger partial charge < -0.3 is 5.32 Å². The van der Waals surface area contributed by atoms with E-state index in [-0.39, 0.29) is 21.3 Å². The number of amides is 1. The summed E-state index contributed by atoms with van der Waals surface area (Å²) >= 11 is 5.86. The third-order valence-electron chi connectivity index (χ3n) is 3.72. The maximum absolute atomic E-state index is 12.3. The smallest absolute Gasteiger partial charge is 0.263 e. The van der Waals surface area contributed by atoms with Crippen LogP contribution in [0.3, 0.4) is 0 Å². The van der Waals surface area contributed by atoms with Gasteiger partial charge in [0.05, 0.1) is 15.5 Å². The lowest BCUT2D eigenvalue weighted by atomic mass is 10.2. The molecule has 2 aromatic rings. The number of rotatable bonds is 3. The number of carbonyl (C=O) groups excluding carboxylic acids is 1. The molecule has 0 aromatic heterocycles. The van der Waals surface area contributed by atoms with E-state index < -0.39 is 22.0 Å². The van der Waals surface area contributed by atoms with Crippen LogP contribution in [0.1, 0.15) is 18.1 Å². The summed E-state index contributed by atoms with van der Waals surface area (Å²) in [6.45, 7) is 1.54. The maximum atomic E-state index is 12.3. The highest BCUT2D eigenvalue weighted by atomic mass is 35.5. The van der Waals surface area contributed by atoms with Gasteiger partial charge in [-0.05, 0) is 37.3 Å². The number of fused-ring (bicyclic) bond motifs is 1. The van der Waals surface area contributed by atoms with Gasteiger partial charge >= 0.3 is 0 Å². The fraction of sp³-hybridized carbons (Fsp3) is 0.118. The number of sulfonamides is 1. The van der Waals surface area contributed by atoms with Crippen molar-refractivity contribution >= 4 is 39.1 Å². The van der Waals surface area contributed by atoms with Gasteiger partial charge in [-0.2, -0.15) is 5.26 Å². The molecule has 3 rings (SSSR count). The summed E-state index contributed by atoms with van der Waals surface area (Å²) in [5.74, 6) is -0.329. The van der Waals surface area contributed by atoms with Gasteiger partial charge in [-0.25, -0.2) is 8.42 Å². The second-order valence-electron chi connectivity index (χ2n) is 5.55. The molecule has 2 N–H and O–H groups in total. The number of anilines is 1. The van der Waals surface area contributed by atoms with Gasteiger partial charge in [0.2, 0.25) is 5.91 Å². The molecule has 0 saturated carbocycles.